The van der Waals surface area contributed by atoms with Crippen LogP contribution in [0, 0.1) is 6.92 Å². The summed E-state index contributed by atoms with van der Waals surface area (Å²) in [5.74, 6) is -0.0166. The highest BCUT2D eigenvalue weighted by Crippen LogP contribution is 2.35. The Bertz CT molecular complexity index is 2250. The zero-order valence-electron chi connectivity index (χ0n) is 30.1. The molecule has 0 saturated carbocycles. The maximum atomic E-state index is 13.4. The van der Waals surface area contributed by atoms with E-state index in [1.165, 1.54) is 24.4 Å². The van der Waals surface area contributed by atoms with E-state index < -0.39 is 39.5 Å². The van der Waals surface area contributed by atoms with Crippen LogP contribution in [0.5, 0.6) is 5.75 Å². The summed E-state index contributed by atoms with van der Waals surface area (Å²) in [6.07, 6.45) is 0.161. The van der Waals surface area contributed by atoms with Crippen LogP contribution in [0.25, 0.3) is 22.4 Å². The van der Waals surface area contributed by atoms with Gasteiger partial charge in [-0.15, -0.1) is 4.09 Å². The van der Waals surface area contributed by atoms with Gasteiger partial charge in [-0.25, -0.2) is 24.5 Å². The molecule has 3 aromatic heterocycles. The molecule has 1 atom stereocenters. The van der Waals surface area contributed by atoms with Gasteiger partial charge in [-0.05, 0) is 90.8 Å². The topological polar surface area (TPSA) is 177 Å². The largest absolute Gasteiger partial charge is 0.488 e. The van der Waals surface area contributed by atoms with E-state index in [-0.39, 0.29) is 50.6 Å². The van der Waals surface area contributed by atoms with Crippen LogP contribution in [-0.4, -0.2) is 68.6 Å². The summed E-state index contributed by atoms with van der Waals surface area (Å²) in [6, 6.07) is 15.9. The third-order valence-electron chi connectivity index (χ3n) is 7.15. The van der Waals surface area contributed by atoms with Crippen LogP contribution in [0.4, 0.5) is 15.4 Å². The van der Waals surface area contributed by atoms with Gasteiger partial charge in [0.25, 0.3) is 10.0 Å². The van der Waals surface area contributed by atoms with Gasteiger partial charge < -0.3 is 19.5 Å². The number of anilines is 1. The second kappa shape index (κ2) is 15.5. The smallest absolute Gasteiger partial charge is 0.413 e. The molecule has 14 nitrogen and oxygen atoms in total. The Balaban J connectivity index is 1.53. The number of benzene rings is 2. The molecular formula is C36H39Cl2N7O7S. The van der Waals surface area contributed by atoms with Gasteiger partial charge in [-0.1, -0.05) is 53.5 Å². The average molecular weight is 785 g/mol. The van der Waals surface area contributed by atoms with Gasteiger partial charge in [0.15, 0.2) is 17.2 Å². The number of aromatic nitrogens is 5. The Labute approximate surface area is 317 Å². The maximum absolute atomic E-state index is 13.4. The molecule has 0 aliphatic rings. The lowest BCUT2D eigenvalue weighted by Gasteiger charge is -2.24. The predicted octanol–water partition coefficient (Wildman–Crippen LogP) is 7.60. The number of pyridine rings is 1. The molecular weight excluding hydrogens is 745 g/mol. The molecule has 0 radical (unpaired) electrons. The number of rotatable bonds is 10. The number of ether oxygens (including phenoxy) is 3. The van der Waals surface area contributed by atoms with Crippen molar-refractivity contribution in [1.29, 1.82) is 0 Å². The summed E-state index contributed by atoms with van der Waals surface area (Å²) >= 11 is 12.9. The van der Waals surface area contributed by atoms with E-state index in [1.54, 1.807) is 84.9 Å². The molecule has 0 fully saturated rings. The van der Waals surface area contributed by atoms with Gasteiger partial charge in [0.05, 0.1) is 28.5 Å². The zero-order chi connectivity index (χ0) is 38.7. The first kappa shape index (κ1) is 39.2. The highest BCUT2D eigenvalue weighted by atomic mass is 35.5. The van der Waals surface area contributed by atoms with Crippen molar-refractivity contribution in [1.82, 2.24) is 29.5 Å². The summed E-state index contributed by atoms with van der Waals surface area (Å²) in [4.78, 5) is 39.2. The van der Waals surface area contributed by atoms with Crippen LogP contribution in [0.2, 0.25) is 10.2 Å². The number of nitrogens with one attached hydrogen (secondary N) is 2. The minimum Gasteiger partial charge on any atom is -0.488 e. The molecule has 0 saturated heterocycles. The lowest BCUT2D eigenvalue weighted by Crippen LogP contribution is -2.43. The molecule has 2 N–H and O–H groups in total. The number of hydrogen-bond donors (Lipinski definition) is 2. The zero-order valence-corrected chi connectivity index (χ0v) is 32.4. The van der Waals surface area contributed by atoms with Crippen LogP contribution in [0.1, 0.15) is 52.8 Å². The normalized spacial score (nSPS) is 12.6. The SMILES string of the molecule is Cc1nn(S(=O)(=O)c2ccccc2)c2ncc(-c3cc(OC[C@H](Cc4cccc(Cl)c4)NC(=O)OC(C)(C)C)c(NC(=O)OC(C)(C)C)nc3Cl)nc12. The second-order valence-corrected chi connectivity index (χ2v) is 16.5. The monoisotopic (exact) mass is 783 g/mol. The van der Waals surface area contributed by atoms with Gasteiger partial charge in [0.1, 0.15) is 28.5 Å². The Morgan fingerprint density at radius 1 is 0.906 bits per heavy atom. The summed E-state index contributed by atoms with van der Waals surface area (Å²) in [5.41, 5.74) is 0.216. The number of carbonyl (C=O) groups excluding carboxylic acids is 2. The van der Waals surface area contributed by atoms with Gasteiger partial charge in [0, 0.05) is 10.6 Å². The second-order valence-electron chi connectivity index (χ2n) is 14.0. The van der Waals surface area contributed by atoms with Crippen molar-refractivity contribution >= 4 is 62.4 Å². The minimum absolute atomic E-state index is 0.0101. The highest BCUT2D eigenvalue weighted by molar-refractivity contribution is 7.90. The number of amides is 2. The molecule has 5 rings (SSSR count). The first-order valence-electron chi connectivity index (χ1n) is 16.4. The van der Waals surface area contributed by atoms with E-state index in [0.717, 1.165) is 9.65 Å². The van der Waals surface area contributed by atoms with E-state index in [2.05, 4.69) is 30.7 Å². The molecule has 0 spiro atoms. The van der Waals surface area contributed by atoms with E-state index in [4.69, 9.17) is 37.4 Å². The third kappa shape index (κ3) is 10.1. The fourth-order valence-electron chi connectivity index (χ4n) is 5.00. The maximum Gasteiger partial charge on any atom is 0.413 e. The number of hydrogen-bond acceptors (Lipinski definition) is 11. The predicted molar refractivity (Wildman–Crippen MR) is 201 cm³/mol. The molecule has 2 aromatic carbocycles. The number of aryl methyl sites for hydroxylation is 1. The molecule has 2 amide bonds. The van der Waals surface area contributed by atoms with Gasteiger partial charge in [-0.3, -0.25) is 5.32 Å². The molecule has 17 heteroatoms. The van der Waals surface area contributed by atoms with Gasteiger partial charge in [0.2, 0.25) is 0 Å². The van der Waals surface area contributed by atoms with E-state index in [1.807, 2.05) is 6.07 Å². The third-order valence-corrected chi connectivity index (χ3v) is 9.26. The molecule has 0 aliphatic carbocycles. The first-order chi connectivity index (χ1) is 24.8. The van der Waals surface area contributed by atoms with Crippen molar-refractivity contribution in [2.75, 3.05) is 11.9 Å². The van der Waals surface area contributed by atoms with Gasteiger partial charge in [-0.2, -0.15) is 13.5 Å². The van der Waals surface area contributed by atoms with Gasteiger partial charge >= 0.3 is 12.2 Å². The first-order valence-corrected chi connectivity index (χ1v) is 18.6. The molecule has 3 heterocycles. The van der Waals surface area contributed by atoms with Crippen molar-refractivity contribution in [2.45, 2.75) is 77.0 Å². The summed E-state index contributed by atoms with van der Waals surface area (Å²) < 4.78 is 44.9. The standard InChI is InChI=1S/C36H39Cl2N7O7S/c1-21-29-32(45(44-21)53(48,49)25-14-9-8-10-15-25)39-19-27(41-29)26-18-28(31(42-30(26)38)43-34(47)52-36(5,6)7)50-20-24(40-33(46)51-35(2,3)4)17-22-12-11-13-23(37)16-22/h8-16,18-19,24H,17,20H2,1-7H3,(H,40,46)(H,42,43,47)/t24-/m0/s1. The fraction of sp³-hybridized carbons (Fsp3) is 0.333. The van der Waals surface area contributed by atoms with Crippen LogP contribution < -0.4 is 15.4 Å². The Morgan fingerprint density at radius 2 is 1.58 bits per heavy atom. The summed E-state index contributed by atoms with van der Waals surface area (Å²) in [6.45, 7) is 11.9. The van der Waals surface area contributed by atoms with Crippen LogP contribution in [0.15, 0.2) is 71.8 Å². The molecule has 0 unspecified atom stereocenters. The molecule has 53 heavy (non-hydrogen) atoms. The number of fused-ring (bicyclic) bond motifs is 1. The number of alkyl carbamates (subject to hydrolysis) is 1. The Kier molecular flexibility index (Phi) is 11.5. The quantitative estimate of drug-likeness (QED) is 0.133. The van der Waals surface area contributed by atoms with E-state index >= 15 is 0 Å². The average Bonchev–Trinajstić information content (AvgIpc) is 3.39. The molecule has 0 bridgehead atoms. The Morgan fingerprint density at radius 3 is 2.25 bits per heavy atom. The molecule has 5 aromatic rings. The van der Waals surface area contributed by atoms with Crippen molar-refractivity contribution in [2.24, 2.45) is 0 Å². The van der Waals surface area contributed by atoms with E-state index in [9.17, 15) is 18.0 Å². The van der Waals surface area contributed by atoms with Crippen molar-refractivity contribution in [3.05, 3.63) is 88.3 Å². The lowest BCUT2D eigenvalue weighted by atomic mass is 10.1. The Hall–Kier alpha value is -4.99. The van der Waals surface area contributed by atoms with Crippen LogP contribution in [-0.2, 0) is 25.9 Å². The van der Waals surface area contributed by atoms with Crippen molar-refractivity contribution in [3.8, 4) is 17.0 Å². The lowest BCUT2D eigenvalue weighted by molar-refractivity contribution is 0.0487. The fourth-order valence-corrected chi connectivity index (χ4v) is 6.74. The molecule has 280 valence electrons. The van der Waals surface area contributed by atoms with Crippen molar-refractivity contribution < 1.29 is 32.2 Å². The van der Waals surface area contributed by atoms with Crippen molar-refractivity contribution in [3.63, 3.8) is 0 Å². The summed E-state index contributed by atoms with van der Waals surface area (Å²) in [5, 5.41) is 10.1. The number of carbonyl (C=O) groups is 2. The van der Waals surface area contributed by atoms with E-state index in [0.29, 0.717) is 17.1 Å². The van der Waals surface area contributed by atoms with Crippen LogP contribution >= 0.6 is 23.2 Å². The molecule has 0 aliphatic heterocycles. The minimum atomic E-state index is -4.08. The summed E-state index contributed by atoms with van der Waals surface area (Å²) in [7, 11) is -4.08. The number of halogens is 2. The number of nitrogens with zero attached hydrogens (tertiary/aromatic N) is 5. The van der Waals surface area contributed by atoms with Crippen LogP contribution in [0.3, 0.4) is 0 Å². The highest BCUT2D eigenvalue weighted by Gasteiger charge is 2.27.